The van der Waals surface area contributed by atoms with Gasteiger partial charge in [-0.15, -0.1) is 22.7 Å². The smallest absolute Gasteiger partial charge is 0.0712 e. The Balaban J connectivity index is 1.93. The highest BCUT2D eigenvalue weighted by atomic mass is 33.1. The van der Waals surface area contributed by atoms with Crippen LogP contribution < -0.4 is 0 Å². The van der Waals surface area contributed by atoms with Gasteiger partial charge in [0.05, 0.1) is 8.42 Å². The second kappa shape index (κ2) is 6.51. The summed E-state index contributed by atoms with van der Waals surface area (Å²) in [7, 11) is 3.76. The Kier molecular flexibility index (Phi) is 5.24. The molecule has 2 heterocycles. The molecule has 0 fully saturated rings. The number of hydrogen-bond acceptors (Lipinski definition) is 4. The van der Waals surface area contributed by atoms with Gasteiger partial charge < -0.3 is 0 Å². The Morgan fingerprint density at radius 3 is 1.44 bits per heavy atom. The van der Waals surface area contributed by atoms with Crippen molar-refractivity contribution in [3.63, 3.8) is 0 Å². The molecule has 0 nitrogen and oxygen atoms in total. The Morgan fingerprint density at radius 2 is 1.17 bits per heavy atom. The van der Waals surface area contributed by atoms with Crippen LogP contribution in [0.4, 0.5) is 0 Å². The monoisotopic (exact) mass is 314 g/mol. The van der Waals surface area contributed by atoms with Crippen LogP contribution in [0.3, 0.4) is 0 Å². The molecule has 2 rings (SSSR count). The molecule has 2 aromatic rings. The molecule has 98 valence electrons. The van der Waals surface area contributed by atoms with Crippen LogP contribution in [-0.4, -0.2) is 0 Å². The van der Waals surface area contributed by atoms with Gasteiger partial charge >= 0.3 is 0 Å². The maximum Gasteiger partial charge on any atom is 0.0712 e. The topological polar surface area (TPSA) is 0 Å². The molecule has 18 heavy (non-hydrogen) atoms. The minimum Gasteiger partial charge on any atom is -0.136 e. The zero-order valence-electron chi connectivity index (χ0n) is 11.1. The van der Waals surface area contributed by atoms with Gasteiger partial charge in [-0.1, -0.05) is 27.7 Å². The average Bonchev–Trinajstić information content (AvgIpc) is 2.95. The third-order valence-corrected chi connectivity index (χ3v) is 7.90. The normalized spacial score (nSPS) is 11.7. The predicted octanol–water partition coefficient (Wildman–Crippen LogP) is 6.86. The van der Waals surface area contributed by atoms with E-state index in [1.165, 1.54) is 19.5 Å². The molecule has 2 aromatic heterocycles. The van der Waals surface area contributed by atoms with Gasteiger partial charge in [0.25, 0.3) is 0 Å². The summed E-state index contributed by atoms with van der Waals surface area (Å²) >= 11 is 3.71. The summed E-state index contributed by atoms with van der Waals surface area (Å²) in [6.07, 6.45) is 0. The third-order valence-electron chi connectivity index (χ3n) is 2.73. The van der Waals surface area contributed by atoms with Gasteiger partial charge in [-0.2, -0.15) is 0 Å². The second-order valence-electron chi connectivity index (χ2n) is 4.87. The summed E-state index contributed by atoms with van der Waals surface area (Å²) < 4.78 is 2.81. The van der Waals surface area contributed by atoms with Crippen molar-refractivity contribution in [2.75, 3.05) is 0 Å². The molecule has 0 aliphatic heterocycles. The summed E-state index contributed by atoms with van der Waals surface area (Å²) in [6.45, 7) is 8.99. The third kappa shape index (κ3) is 3.80. The Morgan fingerprint density at radius 1 is 0.778 bits per heavy atom. The summed E-state index contributed by atoms with van der Waals surface area (Å²) in [6, 6.07) is 4.65. The Hall–Kier alpha value is 0.1000. The molecule has 0 aromatic carbocycles. The van der Waals surface area contributed by atoms with E-state index in [-0.39, 0.29) is 0 Å². The Labute approximate surface area is 126 Å². The maximum atomic E-state index is 2.32. The van der Waals surface area contributed by atoms with Crippen molar-refractivity contribution in [2.45, 2.75) is 47.9 Å². The summed E-state index contributed by atoms with van der Waals surface area (Å²) in [5.41, 5.74) is 2.91. The zero-order valence-corrected chi connectivity index (χ0v) is 14.4. The first-order chi connectivity index (χ1) is 8.56. The van der Waals surface area contributed by atoms with E-state index in [9.17, 15) is 0 Å². The standard InChI is InChI=1S/C14H18S4/c1-9(2)11-5-13(15-7-11)17-18-14-6-12(8-16-14)10(3)4/h5-10H,1-4H3. The van der Waals surface area contributed by atoms with Crippen LogP contribution in [0.25, 0.3) is 0 Å². The summed E-state index contributed by atoms with van der Waals surface area (Å²) in [5.74, 6) is 1.27. The van der Waals surface area contributed by atoms with E-state index in [2.05, 4.69) is 50.6 Å². The van der Waals surface area contributed by atoms with E-state index in [1.807, 2.05) is 44.3 Å². The first-order valence-electron chi connectivity index (χ1n) is 6.07. The molecule has 0 N–H and O–H groups in total. The van der Waals surface area contributed by atoms with Crippen molar-refractivity contribution >= 4 is 44.3 Å². The number of hydrogen-bond donors (Lipinski definition) is 0. The van der Waals surface area contributed by atoms with Crippen molar-refractivity contribution in [3.05, 3.63) is 34.0 Å². The van der Waals surface area contributed by atoms with Crippen LogP contribution >= 0.6 is 44.3 Å². The molecule has 0 spiro atoms. The minimum atomic E-state index is 0.634. The average molecular weight is 315 g/mol. The van der Waals surface area contributed by atoms with E-state index in [0.717, 1.165) is 0 Å². The van der Waals surface area contributed by atoms with Crippen LogP contribution in [0.15, 0.2) is 31.3 Å². The lowest BCUT2D eigenvalue weighted by atomic mass is 10.1. The first-order valence-corrected chi connectivity index (χ1v) is 9.98. The van der Waals surface area contributed by atoms with Gasteiger partial charge in [0.15, 0.2) is 0 Å². The van der Waals surface area contributed by atoms with Gasteiger partial charge in [0.2, 0.25) is 0 Å². The van der Waals surface area contributed by atoms with Crippen LogP contribution in [0, 0.1) is 0 Å². The summed E-state index contributed by atoms with van der Waals surface area (Å²) in [5, 5.41) is 4.56. The Bertz CT molecular complexity index is 447. The molecule has 0 unspecified atom stereocenters. The fourth-order valence-corrected chi connectivity index (χ4v) is 6.27. The van der Waals surface area contributed by atoms with Crippen LogP contribution in [0.5, 0.6) is 0 Å². The molecular weight excluding hydrogens is 296 g/mol. The van der Waals surface area contributed by atoms with Gasteiger partial charge in [0, 0.05) is 0 Å². The van der Waals surface area contributed by atoms with Crippen LogP contribution in [-0.2, 0) is 0 Å². The molecule has 0 bridgehead atoms. The highest BCUT2D eigenvalue weighted by Crippen LogP contribution is 2.44. The molecule has 0 saturated carbocycles. The van der Waals surface area contributed by atoms with Crippen molar-refractivity contribution in [2.24, 2.45) is 0 Å². The molecular formula is C14H18S4. The van der Waals surface area contributed by atoms with Gasteiger partial charge in [-0.25, -0.2) is 0 Å². The van der Waals surface area contributed by atoms with E-state index < -0.39 is 0 Å². The molecule has 0 atom stereocenters. The van der Waals surface area contributed by atoms with E-state index >= 15 is 0 Å². The highest BCUT2D eigenvalue weighted by molar-refractivity contribution is 8.77. The van der Waals surface area contributed by atoms with E-state index in [0.29, 0.717) is 11.8 Å². The highest BCUT2D eigenvalue weighted by Gasteiger charge is 2.07. The molecule has 0 aliphatic rings. The van der Waals surface area contributed by atoms with Crippen LogP contribution in [0.2, 0.25) is 0 Å². The number of thiophene rings is 2. The molecule has 0 aliphatic carbocycles. The molecule has 0 amide bonds. The lowest BCUT2D eigenvalue weighted by Crippen LogP contribution is -1.80. The van der Waals surface area contributed by atoms with Crippen molar-refractivity contribution < 1.29 is 0 Å². The van der Waals surface area contributed by atoms with Crippen molar-refractivity contribution in [3.8, 4) is 0 Å². The van der Waals surface area contributed by atoms with Crippen molar-refractivity contribution in [1.29, 1.82) is 0 Å². The molecule has 0 saturated heterocycles. The fourth-order valence-electron chi connectivity index (χ4n) is 1.44. The SMILES string of the molecule is CC(C)c1csc(SSc2cc(C(C)C)cs2)c1. The maximum absolute atomic E-state index is 2.32. The molecule has 0 radical (unpaired) electrons. The van der Waals surface area contributed by atoms with Gasteiger partial charge in [0.1, 0.15) is 0 Å². The lowest BCUT2D eigenvalue weighted by molar-refractivity contribution is 0.870. The van der Waals surface area contributed by atoms with E-state index in [1.54, 1.807) is 0 Å². The summed E-state index contributed by atoms with van der Waals surface area (Å²) in [4.78, 5) is 0. The lowest BCUT2D eigenvalue weighted by Gasteiger charge is -1.98. The van der Waals surface area contributed by atoms with Gasteiger partial charge in [-0.05, 0) is 67.4 Å². The largest absolute Gasteiger partial charge is 0.136 e. The minimum absolute atomic E-state index is 0.634. The zero-order chi connectivity index (χ0) is 13.1. The van der Waals surface area contributed by atoms with Crippen LogP contribution in [0.1, 0.15) is 50.7 Å². The first kappa shape index (κ1) is 14.5. The fraction of sp³-hybridized carbons (Fsp3) is 0.429. The molecule has 4 heteroatoms. The predicted molar refractivity (Wildman–Crippen MR) is 88.5 cm³/mol. The second-order valence-corrected chi connectivity index (χ2v) is 9.43. The number of rotatable bonds is 5. The van der Waals surface area contributed by atoms with E-state index in [4.69, 9.17) is 0 Å². The van der Waals surface area contributed by atoms with Gasteiger partial charge in [-0.3, -0.25) is 0 Å². The van der Waals surface area contributed by atoms with Crippen molar-refractivity contribution in [1.82, 2.24) is 0 Å². The quantitative estimate of drug-likeness (QED) is 0.553.